The average molecular weight is 384 g/mol. The van der Waals surface area contributed by atoms with Crippen LogP contribution in [0.2, 0.25) is 0 Å². The summed E-state index contributed by atoms with van der Waals surface area (Å²) in [7, 11) is 0. The highest BCUT2D eigenvalue weighted by molar-refractivity contribution is 5.79. The van der Waals surface area contributed by atoms with E-state index in [4.69, 9.17) is 10.6 Å². The molecule has 0 unspecified atom stereocenters. The Labute approximate surface area is 169 Å². The van der Waals surface area contributed by atoms with E-state index in [0.717, 1.165) is 5.56 Å². The molecule has 1 heterocycles. The lowest BCUT2D eigenvalue weighted by Crippen LogP contribution is -2.26. The first-order chi connectivity index (χ1) is 14.3. The lowest BCUT2D eigenvalue weighted by Gasteiger charge is -2.14. The molecule has 1 aliphatic carbocycles. The van der Waals surface area contributed by atoms with E-state index in [1.54, 1.807) is 18.3 Å². The maximum absolute atomic E-state index is 12.1. The lowest BCUT2D eigenvalue weighted by atomic mass is 9.98. The summed E-state index contributed by atoms with van der Waals surface area (Å²) < 4.78 is 5.47. The second-order valence-electron chi connectivity index (χ2n) is 6.56. The van der Waals surface area contributed by atoms with Crippen LogP contribution in [0.15, 0.2) is 66.9 Å². The Kier molecular flexibility index (Phi) is 5.41. The summed E-state index contributed by atoms with van der Waals surface area (Å²) in [6.45, 7) is 0.471. The van der Waals surface area contributed by atoms with Crippen LogP contribution in [0.5, 0.6) is 0 Å². The highest BCUT2D eigenvalue weighted by atomic mass is 16.5. The summed E-state index contributed by atoms with van der Waals surface area (Å²) in [6, 6.07) is 20.0. The zero-order valence-electron chi connectivity index (χ0n) is 15.7. The van der Waals surface area contributed by atoms with Crippen molar-refractivity contribution in [2.75, 3.05) is 18.6 Å². The molecule has 29 heavy (non-hydrogen) atoms. The number of hydrogen-bond acceptors (Lipinski definition) is 5. The van der Waals surface area contributed by atoms with E-state index < -0.39 is 6.09 Å². The van der Waals surface area contributed by atoms with Gasteiger partial charge in [0.05, 0.1) is 6.54 Å². The molecule has 4 rings (SSSR count). The number of hydrazine groups is 1. The highest BCUT2D eigenvalue weighted by Gasteiger charge is 2.28. The molecule has 6 nitrogen and oxygen atoms in total. The monoisotopic (exact) mass is 384 g/mol. The van der Waals surface area contributed by atoms with Gasteiger partial charge in [-0.05, 0) is 34.4 Å². The second kappa shape index (κ2) is 8.46. The van der Waals surface area contributed by atoms with Gasteiger partial charge in [-0.2, -0.15) is 0 Å². The number of nitrogens with zero attached hydrogens (tertiary/aromatic N) is 1. The number of rotatable bonds is 4. The van der Waals surface area contributed by atoms with Gasteiger partial charge in [0, 0.05) is 17.7 Å². The number of fused-ring (bicyclic) bond motifs is 3. The molecule has 0 radical (unpaired) electrons. The molecule has 2 aromatic carbocycles. The second-order valence-corrected chi connectivity index (χ2v) is 6.56. The molecule has 1 aromatic heterocycles. The number of anilines is 1. The van der Waals surface area contributed by atoms with Crippen LogP contribution < -0.4 is 16.6 Å². The number of carbonyl (C=O) groups is 1. The number of aromatic nitrogens is 1. The number of amides is 1. The Morgan fingerprint density at radius 1 is 1.03 bits per heavy atom. The number of hydrogen-bond donors (Lipinski definition) is 3. The Morgan fingerprint density at radius 2 is 1.72 bits per heavy atom. The highest BCUT2D eigenvalue weighted by Crippen LogP contribution is 2.44. The fraction of sp³-hybridized carbons (Fsp3) is 0.130. The summed E-state index contributed by atoms with van der Waals surface area (Å²) in [4.78, 5) is 16.2. The fourth-order valence-corrected chi connectivity index (χ4v) is 3.47. The number of pyridine rings is 1. The molecular weight excluding hydrogens is 364 g/mol. The van der Waals surface area contributed by atoms with Gasteiger partial charge in [-0.3, -0.25) is 0 Å². The molecule has 144 valence electrons. The normalized spacial score (nSPS) is 11.6. The zero-order valence-corrected chi connectivity index (χ0v) is 15.7. The first kappa shape index (κ1) is 18.5. The number of ether oxygens (including phenoxy) is 1. The SMILES string of the molecule is NNc1ccc(C#CCNC(=O)OCC2c3ccccc3-c3ccccc32)cn1. The van der Waals surface area contributed by atoms with Gasteiger partial charge in [0.1, 0.15) is 12.4 Å². The van der Waals surface area contributed by atoms with Crippen LogP contribution in [0.1, 0.15) is 22.6 Å². The number of alkyl carbamates (subject to hydrolysis) is 1. The summed E-state index contributed by atoms with van der Waals surface area (Å²) in [5.74, 6) is 11.7. The Hall–Kier alpha value is -3.82. The topological polar surface area (TPSA) is 89.3 Å². The molecule has 0 atom stereocenters. The van der Waals surface area contributed by atoms with E-state index in [1.807, 2.05) is 24.3 Å². The largest absolute Gasteiger partial charge is 0.449 e. The lowest BCUT2D eigenvalue weighted by molar-refractivity contribution is 0.144. The van der Waals surface area contributed by atoms with E-state index in [1.165, 1.54) is 22.3 Å². The third-order valence-corrected chi connectivity index (χ3v) is 4.81. The van der Waals surface area contributed by atoms with Gasteiger partial charge in [0.25, 0.3) is 0 Å². The standard InChI is InChI=1S/C23H20N4O2/c24-27-22-12-11-16(14-26-22)6-5-13-25-23(28)29-15-21-19-9-3-1-7-17(19)18-8-2-4-10-20(18)21/h1-4,7-12,14,21H,13,15,24H2,(H,25,28)(H,26,27). The predicted octanol–water partition coefficient (Wildman–Crippen LogP) is 3.26. The molecule has 1 amide bonds. The van der Waals surface area contributed by atoms with Crippen molar-refractivity contribution in [2.45, 2.75) is 5.92 Å². The minimum absolute atomic E-state index is 0.0416. The maximum Gasteiger partial charge on any atom is 0.407 e. The van der Waals surface area contributed by atoms with Crippen molar-refractivity contribution in [3.8, 4) is 23.0 Å². The van der Waals surface area contributed by atoms with E-state index in [-0.39, 0.29) is 19.1 Å². The van der Waals surface area contributed by atoms with Crippen LogP contribution in [0.4, 0.5) is 10.6 Å². The van der Waals surface area contributed by atoms with Crippen molar-refractivity contribution in [1.29, 1.82) is 0 Å². The van der Waals surface area contributed by atoms with E-state index in [0.29, 0.717) is 5.82 Å². The molecule has 6 heteroatoms. The Bertz CT molecular complexity index is 1040. The summed E-state index contributed by atoms with van der Waals surface area (Å²) >= 11 is 0. The number of benzene rings is 2. The molecule has 0 saturated heterocycles. The smallest absolute Gasteiger partial charge is 0.407 e. The molecule has 3 aromatic rings. The fourth-order valence-electron chi connectivity index (χ4n) is 3.47. The van der Waals surface area contributed by atoms with Crippen LogP contribution >= 0.6 is 0 Å². The van der Waals surface area contributed by atoms with Gasteiger partial charge in [-0.15, -0.1) is 0 Å². The van der Waals surface area contributed by atoms with Crippen LogP contribution in [0.3, 0.4) is 0 Å². The molecule has 4 N–H and O–H groups in total. The average Bonchev–Trinajstić information content (AvgIpc) is 3.09. The number of nitrogens with two attached hydrogens (primary N) is 1. The predicted molar refractivity (Wildman–Crippen MR) is 112 cm³/mol. The Balaban J connectivity index is 1.33. The third-order valence-electron chi connectivity index (χ3n) is 4.81. The van der Waals surface area contributed by atoms with E-state index in [2.05, 4.69) is 51.8 Å². The number of carbonyl (C=O) groups excluding carboxylic acids is 1. The van der Waals surface area contributed by atoms with Gasteiger partial charge < -0.3 is 15.5 Å². The molecular formula is C23H20N4O2. The van der Waals surface area contributed by atoms with Gasteiger partial charge in [-0.25, -0.2) is 15.6 Å². The molecule has 0 fully saturated rings. The van der Waals surface area contributed by atoms with Crippen LogP contribution in [-0.2, 0) is 4.74 Å². The quantitative estimate of drug-likeness (QED) is 0.365. The summed E-state index contributed by atoms with van der Waals surface area (Å²) in [5, 5.41) is 2.66. The Morgan fingerprint density at radius 3 is 2.34 bits per heavy atom. The van der Waals surface area contributed by atoms with Crippen molar-refractivity contribution in [3.05, 3.63) is 83.6 Å². The summed E-state index contributed by atoms with van der Waals surface area (Å²) in [6.07, 6.45) is 1.12. The number of nitrogens with one attached hydrogen (secondary N) is 2. The molecule has 0 saturated carbocycles. The minimum atomic E-state index is -0.484. The van der Waals surface area contributed by atoms with Crippen LogP contribution in [0.25, 0.3) is 11.1 Å². The van der Waals surface area contributed by atoms with Crippen molar-refractivity contribution >= 4 is 11.9 Å². The van der Waals surface area contributed by atoms with Crippen LogP contribution in [0, 0.1) is 11.8 Å². The summed E-state index contributed by atoms with van der Waals surface area (Å²) in [5.41, 5.74) is 7.96. The van der Waals surface area contributed by atoms with Crippen molar-refractivity contribution in [1.82, 2.24) is 10.3 Å². The molecule has 0 bridgehead atoms. The number of nitrogen functional groups attached to an aromatic ring is 1. The first-order valence-corrected chi connectivity index (χ1v) is 9.26. The van der Waals surface area contributed by atoms with Crippen molar-refractivity contribution in [3.63, 3.8) is 0 Å². The van der Waals surface area contributed by atoms with Crippen molar-refractivity contribution < 1.29 is 9.53 Å². The van der Waals surface area contributed by atoms with Gasteiger partial charge in [0.15, 0.2) is 0 Å². The van der Waals surface area contributed by atoms with Crippen LogP contribution in [-0.4, -0.2) is 24.2 Å². The molecule has 1 aliphatic rings. The van der Waals surface area contributed by atoms with Crippen molar-refractivity contribution in [2.24, 2.45) is 5.84 Å². The van der Waals surface area contributed by atoms with Gasteiger partial charge in [0.2, 0.25) is 0 Å². The van der Waals surface area contributed by atoms with E-state index in [9.17, 15) is 4.79 Å². The van der Waals surface area contributed by atoms with Gasteiger partial charge in [-0.1, -0.05) is 60.4 Å². The first-order valence-electron chi connectivity index (χ1n) is 9.26. The zero-order chi connectivity index (χ0) is 20.1. The minimum Gasteiger partial charge on any atom is -0.449 e. The molecule has 0 spiro atoms. The third kappa shape index (κ3) is 4.05. The van der Waals surface area contributed by atoms with E-state index >= 15 is 0 Å². The van der Waals surface area contributed by atoms with Gasteiger partial charge >= 0.3 is 6.09 Å². The maximum atomic E-state index is 12.1. The molecule has 0 aliphatic heterocycles.